The van der Waals surface area contributed by atoms with E-state index in [2.05, 4.69) is 4.98 Å². The Morgan fingerprint density at radius 2 is 1.57 bits per heavy atom. The van der Waals surface area contributed by atoms with E-state index in [0.717, 1.165) is 0 Å². The maximum atomic E-state index is 13.3. The highest BCUT2D eigenvalue weighted by Gasteiger charge is 2.27. The highest BCUT2D eigenvalue weighted by atomic mass is 16.5. The van der Waals surface area contributed by atoms with Crippen molar-refractivity contribution in [3.8, 4) is 23.0 Å². The second kappa shape index (κ2) is 7.51. The molecule has 0 saturated heterocycles. The highest BCUT2D eigenvalue weighted by Crippen LogP contribution is 2.38. The van der Waals surface area contributed by atoms with E-state index in [1.54, 1.807) is 18.2 Å². The average Bonchev–Trinajstić information content (AvgIpc) is 3.11. The monoisotopic (exact) mass is 385 g/mol. The molecule has 0 spiro atoms. The van der Waals surface area contributed by atoms with Crippen LogP contribution in [-0.2, 0) is 4.74 Å². The fourth-order valence-electron chi connectivity index (χ4n) is 2.96. The van der Waals surface area contributed by atoms with Gasteiger partial charge < -0.3 is 29.0 Å². The first-order valence-corrected chi connectivity index (χ1v) is 8.22. The number of benzene rings is 2. The van der Waals surface area contributed by atoms with Crippen LogP contribution in [0.15, 0.2) is 30.3 Å². The summed E-state index contributed by atoms with van der Waals surface area (Å²) in [6.45, 7) is 0. The number of hydrogen-bond acceptors (Lipinski definition) is 7. The quantitative estimate of drug-likeness (QED) is 0.496. The Morgan fingerprint density at radius 3 is 2.11 bits per heavy atom. The number of aromatic amines is 1. The van der Waals surface area contributed by atoms with Crippen LogP contribution in [0.3, 0.4) is 0 Å². The number of rotatable bonds is 6. The molecule has 0 aliphatic rings. The Labute approximate surface area is 160 Å². The molecule has 8 heteroatoms. The Bertz CT molecular complexity index is 1040. The standard InChI is InChI=1S/C20H19NO7/c1-25-11-5-6-13-12(9-11)16(17(21-13)20(24)28-4)18(22)10-7-14(26-2)19(23)15(8-10)27-3/h5-9,21,23H,1-4H3. The number of methoxy groups -OCH3 is 4. The molecule has 0 fully saturated rings. The zero-order valence-corrected chi connectivity index (χ0v) is 15.8. The van der Waals surface area contributed by atoms with Crippen molar-refractivity contribution < 1.29 is 33.6 Å². The maximum Gasteiger partial charge on any atom is 0.355 e. The van der Waals surface area contributed by atoms with Gasteiger partial charge in [-0.2, -0.15) is 0 Å². The van der Waals surface area contributed by atoms with Crippen LogP contribution in [0.4, 0.5) is 0 Å². The minimum Gasteiger partial charge on any atom is -0.502 e. The first kappa shape index (κ1) is 19.1. The summed E-state index contributed by atoms with van der Waals surface area (Å²) in [4.78, 5) is 28.5. The summed E-state index contributed by atoms with van der Waals surface area (Å²) >= 11 is 0. The smallest absolute Gasteiger partial charge is 0.355 e. The minimum atomic E-state index is -0.684. The molecule has 0 aliphatic heterocycles. The van der Waals surface area contributed by atoms with Gasteiger partial charge in [-0.3, -0.25) is 4.79 Å². The largest absolute Gasteiger partial charge is 0.502 e. The molecule has 1 aromatic heterocycles. The lowest BCUT2D eigenvalue weighted by Crippen LogP contribution is -2.11. The molecule has 1 heterocycles. The van der Waals surface area contributed by atoms with Gasteiger partial charge in [-0.25, -0.2) is 4.79 Å². The molecule has 3 aromatic rings. The molecule has 2 N–H and O–H groups in total. The van der Waals surface area contributed by atoms with Gasteiger partial charge >= 0.3 is 5.97 Å². The number of phenols is 1. The number of fused-ring (bicyclic) bond motifs is 1. The van der Waals surface area contributed by atoms with Crippen molar-refractivity contribution in [2.75, 3.05) is 28.4 Å². The van der Waals surface area contributed by atoms with Crippen LogP contribution >= 0.6 is 0 Å². The Hall–Kier alpha value is -3.68. The van der Waals surface area contributed by atoms with Gasteiger partial charge in [-0.15, -0.1) is 0 Å². The number of esters is 1. The van der Waals surface area contributed by atoms with Crippen molar-refractivity contribution in [3.05, 3.63) is 47.2 Å². The van der Waals surface area contributed by atoms with E-state index in [4.69, 9.17) is 18.9 Å². The fourth-order valence-corrected chi connectivity index (χ4v) is 2.96. The number of ketones is 1. The van der Waals surface area contributed by atoms with Crippen LogP contribution in [0.2, 0.25) is 0 Å². The molecule has 0 saturated carbocycles. The van der Waals surface area contributed by atoms with Gasteiger partial charge in [0.1, 0.15) is 11.4 Å². The molecule has 28 heavy (non-hydrogen) atoms. The Morgan fingerprint density at radius 1 is 0.929 bits per heavy atom. The summed E-state index contributed by atoms with van der Waals surface area (Å²) in [6, 6.07) is 7.82. The molecule has 0 amide bonds. The summed E-state index contributed by atoms with van der Waals surface area (Å²) in [5.41, 5.74) is 0.875. The molecule has 0 atom stereocenters. The third-order valence-electron chi connectivity index (χ3n) is 4.36. The summed E-state index contributed by atoms with van der Waals surface area (Å²) < 4.78 is 20.3. The van der Waals surface area contributed by atoms with Crippen molar-refractivity contribution >= 4 is 22.7 Å². The summed E-state index contributed by atoms with van der Waals surface area (Å²) in [5, 5.41) is 10.6. The summed E-state index contributed by atoms with van der Waals surface area (Å²) in [5.74, 6) is -0.722. The topological polar surface area (TPSA) is 107 Å². The zero-order valence-electron chi connectivity index (χ0n) is 15.8. The van der Waals surface area contributed by atoms with Crippen LogP contribution in [0, 0.1) is 0 Å². The van der Waals surface area contributed by atoms with Gasteiger partial charge in [0.05, 0.1) is 34.0 Å². The number of aromatic hydroxyl groups is 1. The summed E-state index contributed by atoms with van der Waals surface area (Å²) in [6.07, 6.45) is 0. The second-order valence-corrected chi connectivity index (χ2v) is 5.84. The third kappa shape index (κ3) is 3.09. The molecule has 0 aliphatic carbocycles. The van der Waals surface area contributed by atoms with Gasteiger partial charge in [0.25, 0.3) is 0 Å². The molecule has 0 bridgehead atoms. The molecule has 146 valence electrons. The van der Waals surface area contributed by atoms with E-state index < -0.39 is 11.8 Å². The molecular formula is C20H19NO7. The fraction of sp³-hybridized carbons (Fsp3) is 0.200. The van der Waals surface area contributed by atoms with Crippen molar-refractivity contribution in [2.24, 2.45) is 0 Å². The van der Waals surface area contributed by atoms with Crippen LogP contribution in [-0.4, -0.2) is 50.3 Å². The van der Waals surface area contributed by atoms with Gasteiger partial charge in [-0.05, 0) is 30.3 Å². The number of carbonyl (C=O) groups is 2. The van der Waals surface area contributed by atoms with E-state index in [-0.39, 0.29) is 34.1 Å². The third-order valence-corrected chi connectivity index (χ3v) is 4.36. The normalized spacial score (nSPS) is 10.6. The Balaban J connectivity index is 2.27. The van der Waals surface area contributed by atoms with Crippen molar-refractivity contribution in [2.45, 2.75) is 0 Å². The Kier molecular flexibility index (Phi) is 5.12. The molecule has 8 nitrogen and oxygen atoms in total. The van der Waals surface area contributed by atoms with Crippen LogP contribution in [0.25, 0.3) is 10.9 Å². The lowest BCUT2D eigenvalue weighted by molar-refractivity contribution is 0.0592. The van der Waals surface area contributed by atoms with Crippen molar-refractivity contribution in [1.29, 1.82) is 0 Å². The average molecular weight is 385 g/mol. The molecule has 0 radical (unpaired) electrons. The highest BCUT2D eigenvalue weighted by molar-refractivity contribution is 6.21. The van der Waals surface area contributed by atoms with E-state index in [9.17, 15) is 14.7 Å². The van der Waals surface area contributed by atoms with Gasteiger partial charge in [0.2, 0.25) is 5.75 Å². The number of nitrogens with one attached hydrogen (secondary N) is 1. The van der Waals surface area contributed by atoms with E-state index in [1.165, 1.54) is 40.6 Å². The number of ether oxygens (including phenoxy) is 4. The SMILES string of the molecule is COC(=O)c1[nH]c2ccc(OC)cc2c1C(=O)c1cc(OC)c(O)c(OC)c1. The molecule has 2 aromatic carbocycles. The number of hydrogen-bond donors (Lipinski definition) is 2. The first-order chi connectivity index (χ1) is 13.4. The molecule has 3 rings (SSSR count). The molecular weight excluding hydrogens is 366 g/mol. The van der Waals surface area contributed by atoms with E-state index >= 15 is 0 Å². The predicted octanol–water partition coefficient (Wildman–Crippen LogP) is 2.92. The molecule has 0 unspecified atom stereocenters. The second-order valence-electron chi connectivity index (χ2n) is 5.84. The lowest BCUT2D eigenvalue weighted by atomic mass is 9.99. The number of H-pyrrole nitrogens is 1. The van der Waals surface area contributed by atoms with E-state index in [1.807, 2.05) is 0 Å². The summed E-state index contributed by atoms with van der Waals surface area (Å²) in [7, 11) is 5.46. The van der Waals surface area contributed by atoms with E-state index in [0.29, 0.717) is 16.7 Å². The van der Waals surface area contributed by atoms with Crippen LogP contribution in [0.5, 0.6) is 23.0 Å². The zero-order chi connectivity index (χ0) is 20.4. The minimum absolute atomic E-state index is 0.0155. The lowest BCUT2D eigenvalue weighted by Gasteiger charge is -2.11. The van der Waals surface area contributed by atoms with Crippen LogP contribution < -0.4 is 14.2 Å². The first-order valence-electron chi connectivity index (χ1n) is 8.22. The predicted molar refractivity (Wildman–Crippen MR) is 101 cm³/mol. The van der Waals surface area contributed by atoms with Crippen LogP contribution in [0.1, 0.15) is 26.4 Å². The maximum absolute atomic E-state index is 13.3. The van der Waals surface area contributed by atoms with Crippen molar-refractivity contribution in [1.82, 2.24) is 4.98 Å². The van der Waals surface area contributed by atoms with Gasteiger partial charge in [0, 0.05) is 16.5 Å². The van der Waals surface area contributed by atoms with Gasteiger partial charge in [0.15, 0.2) is 17.3 Å². The number of phenolic OH excluding ortho intramolecular Hbond substituents is 1. The number of carbonyl (C=O) groups excluding carboxylic acids is 2. The van der Waals surface area contributed by atoms with Crippen molar-refractivity contribution in [3.63, 3.8) is 0 Å². The number of aromatic nitrogens is 1. The van der Waals surface area contributed by atoms with Gasteiger partial charge in [-0.1, -0.05) is 0 Å².